The smallest absolute Gasteiger partial charge is 0.266 e. The molecule has 126 valence electrons. The number of H-pyrrole nitrogens is 1. The van der Waals surface area contributed by atoms with Crippen molar-refractivity contribution in [2.45, 2.75) is 13.8 Å². The van der Waals surface area contributed by atoms with Crippen LogP contribution in [0, 0.1) is 25.2 Å². The zero-order valence-corrected chi connectivity index (χ0v) is 15.3. The fraction of sp³-hybridized carbons (Fsp3) is 0.0909. The topological polar surface area (TPSA) is 56.6 Å². The fourth-order valence-electron chi connectivity index (χ4n) is 3.39. The van der Waals surface area contributed by atoms with Gasteiger partial charge in [0, 0.05) is 26.6 Å². The van der Waals surface area contributed by atoms with Crippen molar-refractivity contribution in [3.8, 4) is 28.5 Å². The number of rotatable bonds is 2. The predicted molar refractivity (Wildman–Crippen MR) is 108 cm³/mol. The number of pyridine rings is 1. The molecular weight excluding hydrogens is 340 g/mol. The van der Waals surface area contributed by atoms with Crippen molar-refractivity contribution in [1.29, 1.82) is 5.26 Å². The van der Waals surface area contributed by atoms with Crippen LogP contribution in [0.25, 0.3) is 33.2 Å². The van der Waals surface area contributed by atoms with Crippen molar-refractivity contribution in [2.24, 2.45) is 0 Å². The van der Waals surface area contributed by atoms with E-state index in [2.05, 4.69) is 11.1 Å². The summed E-state index contributed by atoms with van der Waals surface area (Å²) in [4.78, 5) is 17.8. The third-order valence-electron chi connectivity index (χ3n) is 4.56. The Kier molecular flexibility index (Phi) is 3.95. The number of aryl methyl sites for hydroxylation is 2. The minimum atomic E-state index is -0.351. The van der Waals surface area contributed by atoms with Crippen LogP contribution in [0.3, 0.4) is 0 Å². The highest BCUT2D eigenvalue weighted by Crippen LogP contribution is 2.34. The molecule has 2 heterocycles. The average molecular weight is 356 g/mol. The molecule has 0 atom stereocenters. The Hall–Kier alpha value is -3.16. The largest absolute Gasteiger partial charge is 0.321 e. The summed E-state index contributed by atoms with van der Waals surface area (Å²) >= 11 is 1.67. The molecule has 3 nitrogen and oxygen atoms in total. The van der Waals surface area contributed by atoms with Crippen LogP contribution in [-0.4, -0.2) is 4.98 Å². The highest BCUT2D eigenvalue weighted by Gasteiger charge is 2.16. The van der Waals surface area contributed by atoms with Gasteiger partial charge in [0.1, 0.15) is 11.6 Å². The van der Waals surface area contributed by atoms with E-state index >= 15 is 0 Å². The van der Waals surface area contributed by atoms with E-state index in [1.54, 1.807) is 11.3 Å². The van der Waals surface area contributed by atoms with E-state index < -0.39 is 0 Å². The standard InChI is InChI=1S/C22H16N2OS/c1-13-10-18(14(2)26-13)19-11-21(24-22(25)20(19)12-23)17-9-5-7-15-6-3-4-8-16(15)17/h3-11H,1-2H3,(H,24,25). The summed E-state index contributed by atoms with van der Waals surface area (Å²) in [5.41, 5.74) is 3.14. The number of aromatic amines is 1. The lowest BCUT2D eigenvalue weighted by Gasteiger charge is -2.10. The molecule has 0 aliphatic carbocycles. The van der Waals surface area contributed by atoms with Crippen molar-refractivity contribution in [1.82, 2.24) is 4.98 Å². The van der Waals surface area contributed by atoms with Crippen LogP contribution in [0.15, 0.2) is 59.4 Å². The Morgan fingerprint density at radius 2 is 1.73 bits per heavy atom. The summed E-state index contributed by atoms with van der Waals surface area (Å²) in [5.74, 6) is 0. The number of nitrogens with zero attached hydrogens (tertiary/aromatic N) is 1. The van der Waals surface area contributed by atoms with Gasteiger partial charge in [0.2, 0.25) is 0 Å². The molecule has 2 aromatic carbocycles. The molecule has 0 spiro atoms. The monoisotopic (exact) mass is 356 g/mol. The van der Waals surface area contributed by atoms with E-state index in [0.29, 0.717) is 5.56 Å². The highest BCUT2D eigenvalue weighted by molar-refractivity contribution is 7.12. The molecular formula is C22H16N2OS. The Morgan fingerprint density at radius 1 is 0.962 bits per heavy atom. The quantitative estimate of drug-likeness (QED) is 0.522. The lowest BCUT2D eigenvalue weighted by atomic mass is 9.97. The van der Waals surface area contributed by atoms with Gasteiger partial charge in [0.25, 0.3) is 5.56 Å². The molecule has 1 N–H and O–H groups in total. The minimum absolute atomic E-state index is 0.162. The Morgan fingerprint density at radius 3 is 2.46 bits per heavy atom. The van der Waals surface area contributed by atoms with Crippen LogP contribution in [-0.2, 0) is 0 Å². The number of fused-ring (bicyclic) bond motifs is 1. The minimum Gasteiger partial charge on any atom is -0.321 e. The molecule has 2 aromatic heterocycles. The number of hydrogen-bond acceptors (Lipinski definition) is 3. The molecule has 4 heteroatoms. The van der Waals surface area contributed by atoms with Gasteiger partial charge in [-0.2, -0.15) is 5.26 Å². The van der Waals surface area contributed by atoms with E-state index in [-0.39, 0.29) is 11.1 Å². The number of nitriles is 1. The molecule has 4 rings (SSSR count). The Balaban J connectivity index is 2.04. The second-order valence-electron chi connectivity index (χ2n) is 6.27. The molecule has 0 aliphatic heterocycles. The van der Waals surface area contributed by atoms with Gasteiger partial charge >= 0.3 is 0 Å². The maximum absolute atomic E-state index is 12.6. The average Bonchev–Trinajstić information content (AvgIpc) is 2.98. The van der Waals surface area contributed by atoms with Crippen LogP contribution in [0.4, 0.5) is 0 Å². The first-order valence-electron chi connectivity index (χ1n) is 8.31. The van der Waals surface area contributed by atoms with Crippen molar-refractivity contribution < 1.29 is 0 Å². The number of nitrogens with one attached hydrogen (secondary N) is 1. The first-order chi connectivity index (χ1) is 12.6. The molecule has 0 saturated carbocycles. The van der Waals surface area contributed by atoms with Crippen molar-refractivity contribution in [3.63, 3.8) is 0 Å². The summed E-state index contributed by atoms with van der Waals surface area (Å²) in [7, 11) is 0. The van der Waals surface area contributed by atoms with Gasteiger partial charge in [0.05, 0.1) is 0 Å². The normalized spacial score (nSPS) is 10.8. The molecule has 0 aliphatic rings. The summed E-state index contributed by atoms with van der Waals surface area (Å²) in [6.45, 7) is 4.05. The summed E-state index contributed by atoms with van der Waals surface area (Å²) in [6, 6.07) is 20.1. The second kappa shape index (κ2) is 6.29. The summed E-state index contributed by atoms with van der Waals surface area (Å²) in [6.07, 6.45) is 0. The van der Waals surface area contributed by atoms with Gasteiger partial charge in [0.15, 0.2) is 0 Å². The molecule has 0 unspecified atom stereocenters. The maximum atomic E-state index is 12.6. The van der Waals surface area contributed by atoms with Gasteiger partial charge in [-0.3, -0.25) is 4.79 Å². The maximum Gasteiger partial charge on any atom is 0.266 e. The third-order valence-corrected chi connectivity index (χ3v) is 5.52. The van der Waals surface area contributed by atoms with Gasteiger partial charge in [-0.05, 0) is 42.3 Å². The van der Waals surface area contributed by atoms with Crippen LogP contribution in [0.1, 0.15) is 15.3 Å². The van der Waals surface area contributed by atoms with Gasteiger partial charge in [-0.15, -0.1) is 11.3 Å². The van der Waals surface area contributed by atoms with Crippen molar-refractivity contribution >= 4 is 22.1 Å². The van der Waals surface area contributed by atoms with E-state index in [9.17, 15) is 10.1 Å². The lowest BCUT2D eigenvalue weighted by Crippen LogP contribution is -2.12. The zero-order chi connectivity index (χ0) is 18.3. The second-order valence-corrected chi connectivity index (χ2v) is 7.73. The first-order valence-corrected chi connectivity index (χ1v) is 9.13. The number of thiophene rings is 1. The fourth-order valence-corrected chi connectivity index (χ4v) is 4.33. The molecule has 0 saturated heterocycles. The van der Waals surface area contributed by atoms with Crippen molar-refractivity contribution in [2.75, 3.05) is 0 Å². The summed E-state index contributed by atoms with van der Waals surface area (Å²) in [5, 5.41) is 11.7. The number of benzene rings is 2. The van der Waals surface area contributed by atoms with Gasteiger partial charge < -0.3 is 4.98 Å². The van der Waals surface area contributed by atoms with Crippen LogP contribution in [0.5, 0.6) is 0 Å². The third kappa shape index (κ3) is 2.63. The van der Waals surface area contributed by atoms with Crippen LogP contribution < -0.4 is 5.56 Å². The van der Waals surface area contributed by atoms with E-state index in [0.717, 1.165) is 37.3 Å². The van der Waals surface area contributed by atoms with Crippen molar-refractivity contribution in [3.05, 3.63) is 80.3 Å². The molecule has 26 heavy (non-hydrogen) atoms. The molecule has 0 fully saturated rings. The van der Waals surface area contributed by atoms with E-state index in [1.165, 1.54) is 0 Å². The Bertz CT molecular complexity index is 1240. The molecule has 0 bridgehead atoms. The lowest BCUT2D eigenvalue weighted by molar-refractivity contribution is 1.22. The molecule has 0 radical (unpaired) electrons. The highest BCUT2D eigenvalue weighted by atomic mass is 32.1. The first kappa shape index (κ1) is 16.3. The van der Waals surface area contributed by atoms with Gasteiger partial charge in [-0.25, -0.2) is 0 Å². The summed E-state index contributed by atoms with van der Waals surface area (Å²) < 4.78 is 0. The number of aromatic nitrogens is 1. The van der Waals surface area contributed by atoms with Gasteiger partial charge in [-0.1, -0.05) is 42.5 Å². The van der Waals surface area contributed by atoms with Crippen LogP contribution >= 0.6 is 11.3 Å². The Labute approximate surface area is 155 Å². The predicted octanol–water partition coefficient (Wildman–Crippen LogP) is 5.41. The molecule has 0 amide bonds. The number of hydrogen-bond donors (Lipinski definition) is 1. The van der Waals surface area contributed by atoms with Crippen LogP contribution in [0.2, 0.25) is 0 Å². The molecule has 4 aromatic rings. The zero-order valence-electron chi connectivity index (χ0n) is 14.5. The van der Waals surface area contributed by atoms with E-state index in [1.807, 2.05) is 68.4 Å². The SMILES string of the molecule is Cc1cc(-c2cc(-c3cccc4ccccc34)[nH]c(=O)c2C#N)c(C)s1. The van der Waals surface area contributed by atoms with E-state index in [4.69, 9.17) is 0 Å².